The summed E-state index contributed by atoms with van der Waals surface area (Å²) in [7, 11) is 0. The second-order valence-corrected chi connectivity index (χ2v) is 5.48. The second-order valence-electron chi connectivity index (χ2n) is 5.48. The highest BCUT2D eigenvalue weighted by Crippen LogP contribution is 2.14. The van der Waals surface area contributed by atoms with Crippen molar-refractivity contribution in [2.75, 3.05) is 6.61 Å². The van der Waals surface area contributed by atoms with Crippen LogP contribution in [0.1, 0.15) is 29.3 Å². The van der Waals surface area contributed by atoms with Gasteiger partial charge in [0.2, 0.25) is 0 Å². The van der Waals surface area contributed by atoms with E-state index in [1.807, 2.05) is 6.92 Å². The van der Waals surface area contributed by atoms with E-state index in [0.717, 1.165) is 5.56 Å². The Bertz CT molecular complexity index is 713. The largest absolute Gasteiger partial charge is 0.494 e. The van der Waals surface area contributed by atoms with Crippen LogP contribution in [0, 0.1) is 5.82 Å². The number of carboxylic acid groups (broad SMARTS) is 1. The molecule has 0 heterocycles. The van der Waals surface area contributed by atoms with Gasteiger partial charge in [-0.2, -0.15) is 0 Å². The topological polar surface area (TPSA) is 75.6 Å². The minimum atomic E-state index is -1.11. The number of ether oxygens (including phenoxy) is 1. The molecule has 0 aromatic heterocycles. The Morgan fingerprint density at radius 3 is 2.32 bits per heavy atom. The van der Waals surface area contributed by atoms with E-state index in [1.165, 1.54) is 12.1 Å². The Morgan fingerprint density at radius 1 is 1.12 bits per heavy atom. The van der Waals surface area contributed by atoms with E-state index in [2.05, 4.69) is 5.32 Å². The van der Waals surface area contributed by atoms with Gasteiger partial charge in [-0.3, -0.25) is 14.9 Å². The fraction of sp³-hybridized carbons (Fsp3) is 0.263. The van der Waals surface area contributed by atoms with Crippen molar-refractivity contribution in [3.8, 4) is 5.75 Å². The van der Waals surface area contributed by atoms with Gasteiger partial charge in [0, 0.05) is 18.5 Å². The minimum absolute atomic E-state index is 0.176. The zero-order valence-corrected chi connectivity index (χ0v) is 13.9. The van der Waals surface area contributed by atoms with Gasteiger partial charge in [-0.1, -0.05) is 12.1 Å². The summed E-state index contributed by atoms with van der Waals surface area (Å²) in [4.78, 5) is 23.7. The second kappa shape index (κ2) is 8.94. The molecule has 1 unspecified atom stereocenters. The van der Waals surface area contributed by atoms with Crippen LogP contribution in [0.3, 0.4) is 0 Å². The molecule has 2 aromatic rings. The minimum Gasteiger partial charge on any atom is -0.494 e. The molecule has 6 heteroatoms. The third-order valence-corrected chi connectivity index (χ3v) is 3.64. The van der Waals surface area contributed by atoms with Crippen molar-refractivity contribution < 1.29 is 23.8 Å². The number of Topliss-reactive ketones (excluding diaryl/α,β-unsaturated/α-hetero) is 1. The molecule has 2 rings (SSSR count). The molecule has 2 aromatic carbocycles. The number of ketones is 1. The number of halogens is 1. The van der Waals surface area contributed by atoms with Crippen LogP contribution in [0.15, 0.2) is 48.5 Å². The molecule has 0 fully saturated rings. The predicted molar refractivity (Wildman–Crippen MR) is 91.2 cm³/mol. The molecule has 0 saturated heterocycles. The number of benzene rings is 2. The first-order valence-corrected chi connectivity index (χ1v) is 7.96. The van der Waals surface area contributed by atoms with E-state index in [-0.39, 0.29) is 24.6 Å². The lowest BCUT2D eigenvalue weighted by molar-refractivity contribution is -0.139. The Kier molecular flexibility index (Phi) is 6.65. The van der Waals surface area contributed by atoms with Crippen LogP contribution in [-0.4, -0.2) is 29.5 Å². The molecule has 0 aliphatic rings. The maximum atomic E-state index is 12.9. The Hall–Kier alpha value is -2.73. The van der Waals surface area contributed by atoms with Crippen LogP contribution in [-0.2, 0) is 11.3 Å². The van der Waals surface area contributed by atoms with Crippen LogP contribution >= 0.6 is 0 Å². The highest BCUT2D eigenvalue weighted by atomic mass is 19.1. The monoisotopic (exact) mass is 345 g/mol. The third kappa shape index (κ3) is 5.69. The van der Waals surface area contributed by atoms with Crippen molar-refractivity contribution in [3.63, 3.8) is 0 Å². The average molecular weight is 345 g/mol. The molecule has 0 radical (unpaired) electrons. The molecule has 1 atom stereocenters. The Labute approximate surface area is 145 Å². The van der Waals surface area contributed by atoms with Gasteiger partial charge in [0.05, 0.1) is 6.61 Å². The Balaban J connectivity index is 1.96. The smallest absolute Gasteiger partial charge is 0.321 e. The van der Waals surface area contributed by atoms with Gasteiger partial charge >= 0.3 is 5.97 Å². The van der Waals surface area contributed by atoms with E-state index in [4.69, 9.17) is 4.74 Å². The van der Waals surface area contributed by atoms with Crippen LogP contribution in [0.25, 0.3) is 0 Å². The lowest BCUT2D eigenvalue weighted by Gasteiger charge is -2.14. The number of rotatable bonds is 9. The number of hydrogen-bond donors (Lipinski definition) is 2. The number of hydrogen-bond acceptors (Lipinski definition) is 4. The van der Waals surface area contributed by atoms with Crippen LogP contribution in [0.2, 0.25) is 0 Å². The number of carboxylic acids is 1. The summed E-state index contributed by atoms with van der Waals surface area (Å²) in [6.07, 6.45) is -0.176. The lowest BCUT2D eigenvalue weighted by atomic mass is 10.0. The summed E-state index contributed by atoms with van der Waals surface area (Å²) in [6, 6.07) is 11.3. The molecule has 0 spiro atoms. The molecule has 2 N–H and O–H groups in total. The van der Waals surface area contributed by atoms with Gasteiger partial charge in [0.25, 0.3) is 0 Å². The van der Waals surface area contributed by atoms with Crippen LogP contribution < -0.4 is 10.1 Å². The highest BCUT2D eigenvalue weighted by molar-refractivity contribution is 5.98. The van der Waals surface area contributed by atoms with E-state index < -0.39 is 12.0 Å². The summed E-state index contributed by atoms with van der Waals surface area (Å²) in [6.45, 7) is 2.62. The SMILES string of the molecule is CCOc1ccc(C(=O)CC(NCc2ccc(F)cc2)C(=O)O)cc1. The van der Waals surface area contributed by atoms with Crippen molar-refractivity contribution in [1.29, 1.82) is 0 Å². The average Bonchev–Trinajstić information content (AvgIpc) is 2.60. The first kappa shape index (κ1) is 18.6. The van der Waals surface area contributed by atoms with Gasteiger partial charge in [0.15, 0.2) is 5.78 Å². The molecular formula is C19H20FNO4. The molecule has 0 bridgehead atoms. The Morgan fingerprint density at radius 2 is 1.76 bits per heavy atom. The van der Waals surface area contributed by atoms with Crippen LogP contribution in [0.4, 0.5) is 4.39 Å². The van der Waals surface area contributed by atoms with Gasteiger partial charge in [-0.15, -0.1) is 0 Å². The molecule has 0 aliphatic heterocycles. The van der Waals surface area contributed by atoms with Gasteiger partial charge in [-0.05, 0) is 48.9 Å². The van der Waals surface area contributed by atoms with Crippen molar-refractivity contribution >= 4 is 11.8 Å². The van der Waals surface area contributed by atoms with E-state index in [1.54, 1.807) is 36.4 Å². The van der Waals surface area contributed by atoms with Gasteiger partial charge < -0.3 is 9.84 Å². The molecule has 5 nitrogen and oxygen atoms in total. The van der Waals surface area contributed by atoms with E-state index in [0.29, 0.717) is 17.9 Å². The molecule has 0 amide bonds. The first-order chi connectivity index (χ1) is 12.0. The van der Waals surface area contributed by atoms with E-state index in [9.17, 15) is 19.1 Å². The molecule has 132 valence electrons. The lowest BCUT2D eigenvalue weighted by Crippen LogP contribution is -2.38. The maximum Gasteiger partial charge on any atom is 0.321 e. The summed E-state index contributed by atoms with van der Waals surface area (Å²) in [5.74, 6) is -1.09. The highest BCUT2D eigenvalue weighted by Gasteiger charge is 2.21. The predicted octanol–water partition coefficient (Wildman–Crippen LogP) is 3.04. The zero-order chi connectivity index (χ0) is 18.2. The molecule has 0 saturated carbocycles. The zero-order valence-electron chi connectivity index (χ0n) is 13.9. The van der Waals surface area contributed by atoms with Crippen molar-refractivity contribution in [1.82, 2.24) is 5.32 Å². The molecule has 25 heavy (non-hydrogen) atoms. The third-order valence-electron chi connectivity index (χ3n) is 3.64. The van der Waals surface area contributed by atoms with Crippen LogP contribution in [0.5, 0.6) is 5.75 Å². The molecular weight excluding hydrogens is 325 g/mol. The van der Waals surface area contributed by atoms with Gasteiger partial charge in [0.1, 0.15) is 17.6 Å². The number of aliphatic carboxylic acids is 1. The summed E-state index contributed by atoms with van der Waals surface area (Å²) in [5.41, 5.74) is 1.17. The summed E-state index contributed by atoms with van der Waals surface area (Å²) < 4.78 is 18.2. The molecule has 0 aliphatic carbocycles. The maximum absolute atomic E-state index is 12.9. The number of carbonyl (C=O) groups excluding carboxylic acids is 1. The summed E-state index contributed by atoms with van der Waals surface area (Å²) >= 11 is 0. The van der Waals surface area contributed by atoms with Crippen molar-refractivity contribution in [3.05, 3.63) is 65.5 Å². The van der Waals surface area contributed by atoms with Gasteiger partial charge in [-0.25, -0.2) is 4.39 Å². The summed E-state index contributed by atoms with van der Waals surface area (Å²) in [5, 5.41) is 12.1. The normalized spacial score (nSPS) is 11.8. The number of nitrogens with one attached hydrogen (secondary N) is 1. The standard InChI is InChI=1S/C19H20FNO4/c1-2-25-16-9-5-14(6-10-16)18(22)11-17(19(23)24)21-12-13-3-7-15(20)8-4-13/h3-10,17,21H,2,11-12H2,1H3,(H,23,24). The quantitative estimate of drug-likeness (QED) is 0.683. The van der Waals surface area contributed by atoms with Crippen molar-refractivity contribution in [2.45, 2.75) is 25.9 Å². The fourth-order valence-electron chi connectivity index (χ4n) is 2.30. The fourth-order valence-corrected chi connectivity index (χ4v) is 2.30. The first-order valence-electron chi connectivity index (χ1n) is 7.96. The van der Waals surface area contributed by atoms with E-state index >= 15 is 0 Å². The van der Waals surface area contributed by atoms with Crippen molar-refractivity contribution in [2.24, 2.45) is 0 Å². The number of carbonyl (C=O) groups is 2.